The summed E-state index contributed by atoms with van der Waals surface area (Å²) in [5, 5.41) is 0. The molecule has 1 aromatic heterocycles. The van der Waals surface area contributed by atoms with Crippen LogP contribution >= 0.6 is 0 Å². The van der Waals surface area contributed by atoms with Crippen LogP contribution < -0.4 is 9.04 Å². The Labute approximate surface area is 182 Å². The molecule has 0 atom stereocenters. The number of imidazole rings is 1. The highest BCUT2D eigenvalue weighted by molar-refractivity contribution is 7.92. The molecule has 0 fully saturated rings. The maximum Gasteiger partial charge on any atom is 0.573 e. The summed E-state index contributed by atoms with van der Waals surface area (Å²) < 4.78 is 71.1. The first-order valence-electron chi connectivity index (χ1n) is 9.49. The zero-order chi connectivity index (χ0) is 22.9. The average Bonchev–Trinajstić information content (AvgIpc) is 3.09. The average molecular weight is 461 g/mol. The molecule has 0 N–H and O–H groups in total. The molecule has 0 saturated heterocycles. The van der Waals surface area contributed by atoms with Crippen molar-refractivity contribution in [2.24, 2.45) is 7.05 Å². The number of alkyl halides is 3. The number of nitrogens with zero attached hydrogens (tertiary/aromatic N) is 3. The lowest BCUT2D eigenvalue weighted by atomic mass is 10.2. The van der Waals surface area contributed by atoms with E-state index in [2.05, 4.69) is 9.72 Å². The van der Waals surface area contributed by atoms with E-state index >= 15 is 0 Å². The topological polar surface area (TPSA) is 64.4 Å². The molecule has 0 aliphatic carbocycles. The third-order valence-corrected chi connectivity index (χ3v) is 6.54. The van der Waals surface area contributed by atoms with Gasteiger partial charge < -0.3 is 9.30 Å². The number of ether oxygens (including phenoxy) is 1. The monoisotopic (exact) mass is 461 g/mol. The maximum atomic E-state index is 13.5. The standard InChI is InChI=1S/C22H18F3N3O3S/c1-27-20-10-6-5-9-19(20)26-21(27)28(32(29,30)18-7-3-2-4-8-18)15-16-11-13-17(14-12-16)31-22(23,24)25/h2-14H,15H2,1H3. The minimum Gasteiger partial charge on any atom is -0.406 e. The van der Waals surface area contributed by atoms with E-state index in [0.717, 1.165) is 22.0 Å². The van der Waals surface area contributed by atoms with Crippen LogP contribution in [-0.2, 0) is 23.6 Å². The highest BCUT2D eigenvalue weighted by Gasteiger charge is 2.32. The Morgan fingerprint density at radius 1 is 0.938 bits per heavy atom. The number of rotatable bonds is 6. The van der Waals surface area contributed by atoms with Crippen LogP contribution in [0.2, 0.25) is 0 Å². The van der Waals surface area contributed by atoms with Gasteiger partial charge in [0.05, 0.1) is 22.5 Å². The molecule has 0 aliphatic heterocycles. The van der Waals surface area contributed by atoms with Gasteiger partial charge in [-0.2, -0.15) is 0 Å². The summed E-state index contributed by atoms with van der Waals surface area (Å²) in [6.45, 7) is -0.138. The highest BCUT2D eigenvalue weighted by atomic mass is 32.2. The summed E-state index contributed by atoms with van der Waals surface area (Å²) in [6, 6.07) is 20.2. The van der Waals surface area contributed by atoms with E-state index in [4.69, 9.17) is 0 Å². The van der Waals surface area contributed by atoms with Crippen LogP contribution in [0.3, 0.4) is 0 Å². The van der Waals surface area contributed by atoms with Crippen molar-refractivity contribution in [3.63, 3.8) is 0 Å². The van der Waals surface area contributed by atoms with Crippen molar-refractivity contribution in [3.05, 3.63) is 84.4 Å². The Morgan fingerprint density at radius 3 is 2.19 bits per heavy atom. The van der Waals surface area contributed by atoms with Gasteiger partial charge in [-0.25, -0.2) is 17.7 Å². The number of fused-ring (bicyclic) bond motifs is 1. The van der Waals surface area contributed by atoms with Crippen molar-refractivity contribution in [1.29, 1.82) is 0 Å². The number of sulfonamides is 1. The Hall–Kier alpha value is -3.53. The molecule has 1 heterocycles. The number of hydrogen-bond donors (Lipinski definition) is 0. The summed E-state index contributed by atoms with van der Waals surface area (Å²) in [7, 11) is -2.32. The summed E-state index contributed by atoms with van der Waals surface area (Å²) in [5.41, 5.74) is 1.82. The fourth-order valence-electron chi connectivity index (χ4n) is 3.30. The molecule has 0 radical (unpaired) electrons. The summed E-state index contributed by atoms with van der Waals surface area (Å²) >= 11 is 0. The number of anilines is 1. The molecule has 4 aromatic rings. The Balaban J connectivity index is 1.77. The molecule has 0 unspecified atom stereocenters. The van der Waals surface area contributed by atoms with Gasteiger partial charge in [-0.05, 0) is 42.0 Å². The maximum absolute atomic E-state index is 13.5. The third-order valence-electron chi connectivity index (χ3n) is 4.80. The third kappa shape index (κ3) is 4.40. The molecule has 0 spiro atoms. The first-order chi connectivity index (χ1) is 15.1. The molecule has 0 bridgehead atoms. The predicted molar refractivity (Wildman–Crippen MR) is 114 cm³/mol. The first kappa shape index (κ1) is 21.7. The molecule has 10 heteroatoms. The van der Waals surface area contributed by atoms with Gasteiger partial charge >= 0.3 is 6.36 Å². The van der Waals surface area contributed by atoms with Gasteiger partial charge in [0.2, 0.25) is 5.95 Å². The lowest BCUT2D eigenvalue weighted by Gasteiger charge is -2.24. The second-order valence-electron chi connectivity index (χ2n) is 6.98. The number of halogens is 3. The second-order valence-corrected chi connectivity index (χ2v) is 8.84. The van der Waals surface area contributed by atoms with Gasteiger partial charge in [-0.3, -0.25) is 0 Å². The summed E-state index contributed by atoms with van der Waals surface area (Å²) in [6.07, 6.45) is -4.81. The van der Waals surface area contributed by atoms with Crippen molar-refractivity contribution >= 4 is 27.0 Å². The zero-order valence-corrected chi connectivity index (χ0v) is 17.6. The number of aryl methyl sites for hydroxylation is 1. The van der Waals surface area contributed by atoms with Gasteiger partial charge in [0.25, 0.3) is 10.0 Å². The van der Waals surface area contributed by atoms with Crippen molar-refractivity contribution < 1.29 is 26.3 Å². The number of benzene rings is 3. The van der Waals surface area contributed by atoms with E-state index in [1.165, 1.54) is 24.3 Å². The first-order valence-corrected chi connectivity index (χ1v) is 10.9. The van der Waals surface area contributed by atoms with Crippen LogP contribution in [0, 0.1) is 0 Å². The minimum absolute atomic E-state index is 0.0732. The van der Waals surface area contributed by atoms with E-state index < -0.39 is 16.4 Å². The molecule has 4 rings (SSSR count). The SMILES string of the molecule is Cn1c(N(Cc2ccc(OC(F)(F)F)cc2)S(=O)(=O)c2ccccc2)nc2ccccc21. The lowest BCUT2D eigenvalue weighted by molar-refractivity contribution is -0.274. The van der Waals surface area contributed by atoms with Gasteiger partial charge in [-0.15, -0.1) is 13.2 Å². The van der Waals surface area contributed by atoms with Crippen LogP contribution in [0.1, 0.15) is 5.56 Å². The Kier molecular flexibility index (Phi) is 5.55. The predicted octanol–water partition coefficient (Wildman–Crippen LogP) is 4.87. The van der Waals surface area contributed by atoms with Crippen molar-refractivity contribution in [3.8, 4) is 5.75 Å². The Morgan fingerprint density at radius 2 is 1.56 bits per heavy atom. The molecule has 0 amide bonds. The van der Waals surface area contributed by atoms with Crippen LogP contribution in [0.25, 0.3) is 11.0 Å². The molecule has 32 heavy (non-hydrogen) atoms. The largest absolute Gasteiger partial charge is 0.573 e. The number of aromatic nitrogens is 2. The van der Waals surface area contributed by atoms with Crippen LogP contribution in [0.5, 0.6) is 5.75 Å². The Bertz CT molecular complexity index is 1340. The van der Waals surface area contributed by atoms with E-state index in [1.807, 2.05) is 12.1 Å². The highest BCUT2D eigenvalue weighted by Crippen LogP contribution is 2.29. The molecule has 0 aliphatic rings. The van der Waals surface area contributed by atoms with Crippen molar-refractivity contribution in [2.75, 3.05) is 4.31 Å². The van der Waals surface area contributed by atoms with E-state index in [1.54, 1.807) is 41.9 Å². The molecular weight excluding hydrogens is 443 g/mol. The van der Waals surface area contributed by atoms with Crippen LogP contribution in [0.15, 0.2) is 83.8 Å². The summed E-state index contributed by atoms with van der Waals surface area (Å²) in [4.78, 5) is 4.58. The van der Waals surface area contributed by atoms with Crippen LogP contribution in [-0.4, -0.2) is 24.3 Å². The lowest BCUT2D eigenvalue weighted by Crippen LogP contribution is -2.32. The smallest absolute Gasteiger partial charge is 0.406 e. The van der Waals surface area contributed by atoms with Gasteiger partial charge in [0.15, 0.2) is 0 Å². The molecular formula is C22H18F3N3O3S. The van der Waals surface area contributed by atoms with Crippen molar-refractivity contribution in [1.82, 2.24) is 9.55 Å². The van der Waals surface area contributed by atoms with Gasteiger partial charge in [0.1, 0.15) is 5.75 Å². The fraction of sp³-hybridized carbons (Fsp3) is 0.136. The number of para-hydroxylation sites is 2. The van der Waals surface area contributed by atoms with Crippen LogP contribution in [0.4, 0.5) is 19.1 Å². The quantitative estimate of drug-likeness (QED) is 0.411. The second kappa shape index (κ2) is 8.19. The van der Waals surface area contributed by atoms with E-state index in [-0.39, 0.29) is 23.1 Å². The zero-order valence-electron chi connectivity index (χ0n) is 16.8. The molecule has 0 saturated carbocycles. The fourth-order valence-corrected chi connectivity index (χ4v) is 4.75. The minimum atomic E-state index is -4.81. The molecule has 166 valence electrons. The van der Waals surface area contributed by atoms with Gasteiger partial charge in [-0.1, -0.05) is 42.5 Å². The number of hydrogen-bond acceptors (Lipinski definition) is 4. The van der Waals surface area contributed by atoms with E-state index in [9.17, 15) is 21.6 Å². The normalized spacial score (nSPS) is 12.1. The molecule has 3 aromatic carbocycles. The molecule has 6 nitrogen and oxygen atoms in total. The summed E-state index contributed by atoms with van der Waals surface area (Å²) in [5.74, 6) is -0.202. The van der Waals surface area contributed by atoms with E-state index in [0.29, 0.717) is 11.1 Å². The van der Waals surface area contributed by atoms with Crippen molar-refractivity contribution in [2.45, 2.75) is 17.8 Å². The van der Waals surface area contributed by atoms with Gasteiger partial charge in [0, 0.05) is 7.05 Å².